The predicted molar refractivity (Wildman–Crippen MR) is 86.5 cm³/mol. The van der Waals surface area contributed by atoms with Gasteiger partial charge in [0.2, 0.25) is 5.91 Å². The lowest BCUT2D eigenvalue weighted by atomic mass is 9.95. The molecule has 5 nitrogen and oxygen atoms in total. The number of aryl methyl sites for hydroxylation is 2. The van der Waals surface area contributed by atoms with Crippen molar-refractivity contribution in [3.8, 4) is 0 Å². The molecule has 0 spiro atoms. The Morgan fingerprint density at radius 2 is 2.14 bits per heavy atom. The molecule has 0 bridgehead atoms. The number of nitrogens with zero attached hydrogens (tertiary/aromatic N) is 2. The lowest BCUT2D eigenvalue weighted by molar-refractivity contribution is -0.125. The Balaban J connectivity index is 0.00000220. The number of amides is 1. The Bertz CT molecular complexity index is 486. The molecule has 3 N–H and O–H groups in total. The summed E-state index contributed by atoms with van der Waals surface area (Å²) >= 11 is 0. The molecule has 120 valence electrons. The number of carbonyl (C=O) groups is 1. The van der Waals surface area contributed by atoms with Crippen LogP contribution in [0.15, 0.2) is 0 Å². The van der Waals surface area contributed by atoms with E-state index in [1.165, 1.54) is 11.3 Å². The number of nitrogens with two attached hydrogens (primary N) is 1. The molecular formula is C15H27ClN4O. The Morgan fingerprint density at radius 1 is 1.43 bits per heavy atom. The number of aromatic nitrogens is 2. The molecule has 0 saturated heterocycles. The zero-order valence-electron chi connectivity index (χ0n) is 13.2. The van der Waals surface area contributed by atoms with E-state index in [0.29, 0.717) is 19.0 Å². The van der Waals surface area contributed by atoms with Gasteiger partial charge in [-0.3, -0.25) is 9.48 Å². The normalized spacial score (nSPS) is 21.1. The highest BCUT2D eigenvalue weighted by molar-refractivity contribution is 5.85. The fourth-order valence-corrected chi connectivity index (χ4v) is 3.29. The molecule has 2 atom stereocenters. The first-order valence-corrected chi connectivity index (χ1v) is 7.51. The Hall–Kier alpha value is -1.07. The van der Waals surface area contributed by atoms with Crippen molar-refractivity contribution < 1.29 is 4.79 Å². The van der Waals surface area contributed by atoms with E-state index in [0.717, 1.165) is 31.4 Å². The molecule has 2 rings (SSSR count). The average Bonchev–Trinajstić information content (AvgIpc) is 2.98. The third-order valence-electron chi connectivity index (χ3n) is 4.63. The van der Waals surface area contributed by atoms with Gasteiger partial charge in [0.1, 0.15) is 0 Å². The first kappa shape index (κ1) is 18.0. The molecule has 1 amide bonds. The van der Waals surface area contributed by atoms with E-state index >= 15 is 0 Å². The largest absolute Gasteiger partial charge is 0.356 e. The van der Waals surface area contributed by atoms with Gasteiger partial charge in [0.15, 0.2) is 0 Å². The third-order valence-corrected chi connectivity index (χ3v) is 4.63. The summed E-state index contributed by atoms with van der Waals surface area (Å²) in [5.74, 6) is 0.671. The van der Waals surface area contributed by atoms with Crippen LogP contribution in [0.1, 0.15) is 36.2 Å². The molecule has 1 heterocycles. The van der Waals surface area contributed by atoms with Crippen molar-refractivity contribution in [3.63, 3.8) is 0 Å². The smallest absolute Gasteiger partial charge is 0.223 e. The molecule has 1 aromatic heterocycles. The molecule has 0 aromatic carbocycles. The van der Waals surface area contributed by atoms with Gasteiger partial charge in [-0.25, -0.2) is 0 Å². The van der Waals surface area contributed by atoms with Crippen LogP contribution in [0.4, 0.5) is 0 Å². The van der Waals surface area contributed by atoms with E-state index < -0.39 is 0 Å². The quantitative estimate of drug-likeness (QED) is 0.865. The lowest BCUT2D eigenvalue weighted by Crippen LogP contribution is -2.36. The van der Waals surface area contributed by atoms with Crippen molar-refractivity contribution in [2.45, 2.75) is 39.5 Å². The SMILES string of the molecule is Cc1nn(C)c(C)c1CCNC(=O)[C@@H]1CCC[C@@H]1CN.Cl. The van der Waals surface area contributed by atoms with E-state index in [1.807, 2.05) is 18.7 Å². The maximum Gasteiger partial charge on any atom is 0.223 e. The van der Waals surface area contributed by atoms with Crippen molar-refractivity contribution in [2.24, 2.45) is 24.6 Å². The second-order valence-electron chi connectivity index (χ2n) is 5.85. The van der Waals surface area contributed by atoms with Crippen LogP contribution in [0.2, 0.25) is 0 Å². The van der Waals surface area contributed by atoms with Crippen LogP contribution in [-0.4, -0.2) is 28.8 Å². The van der Waals surface area contributed by atoms with Crippen LogP contribution in [0, 0.1) is 25.7 Å². The summed E-state index contributed by atoms with van der Waals surface area (Å²) in [4.78, 5) is 12.2. The number of rotatable bonds is 5. The molecule has 0 unspecified atom stereocenters. The molecule has 1 aliphatic rings. The van der Waals surface area contributed by atoms with Gasteiger partial charge in [-0.2, -0.15) is 5.10 Å². The fourth-order valence-electron chi connectivity index (χ4n) is 3.29. The van der Waals surface area contributed by atoms with Crippen LogP contribution in [-0.2, 0) is 18.3 Å². The minimum Gasteiger partial charge on any atom is -0.356 e. The van der Waals surface area contributed by atoms with Gasteiger partial charge in [-0.15, -0.1) is 12.4 Å². The predicted octanol–water partition coefficient (Wildman–Crippen LogP) is 1.49. The number of hydrogen-bond donors (Lipinski definition) is 2. The van der Waals surface area contributed by atoms with Gasteiger partial charge in [0, 0.05) is 25.2 Å². The van der Waals surface area contributed by atoms with E-state index in [-0.39, 0.29) is 24.2 Å². The van der Waals surface area contributed by atoms with Gasteiger partial charge >= 0.3 is 0 Å². The van der Waals surface area contributed by atoms with Crippen molar-refractivity contribution in [2.75, 3.05) is 13.1 Å². The average molecular weight is 315 g/mol. The number of hydrogen-bond acceptors (Lipinski definition) is 3. The Kier molecular flexibility index (Phi) is 6.68. The van der Waals surface area contributed by atoms with Gasteiger partial charge in [-0.1, -0.05) is 6.42 Å². The highest BCUT2D eigenvalue weighted by atomic mass is 35.5. The molecular weight excluding hydrogens is 288 g/mol. The maximum atomic E-state index is 12.2. The third kappa shape index (κ3) is 3.98. The zero-order chi connectivity index (χ0) is 14.7. The van der Waals surface area contributed by atoms with Crippen molar-refractivity contribution in [1.29, 1.82) is 0 Å². The van der Waals surface area contributed by atoms with Gasteiger partial charge in [0.05, 0.1) is 5.69 Å². The van der Waals surface area contributed by atoms with Gasteiger partial charge < -0.3 is 11.1 Å². The molecule has 1 saturated carbocycles. The molecule has 0 aliphatic heterocycles. The summed E-state index contributed by atoms with van der Waals surface area (Å²) in [6.07, 6.45) is 4.05. The Morgan fingerprint density at radius 3 is 2.71 bits per heavy atom. The summed E-state index contributed by atoms with van der Waals surface area (Å²) in [5, 5.41) is 7.47. The highest BCUT2D eigenvalue weighted by Gasteiger charge is 2.31. The molecule has 1 aliphatic carbocycles. The van der Waals surface area contributed by atoms with E-state index in [1.54, 1.807) is 0 Å². The van der Waals surface area contributed by atoms with Crippen LogP contribution < -0.4 is 11.1 Å². The minimum atomic E-state index is 0. The zero-order valence-corrected chi connectivity index (χ0v) is 14.0. The van der Waals surface area contributed by atoms with E-state index in [2.05, 4.69) is 17.3 Å². The molecule has 6 heteroatoms. The number of halogens is 1. The Labute approximate surface area is 133 Å². The second kappa shape index (κ2) is 7.80. The molecule has 0 radical (unpaired) electrons. The van der Waals surface area contributed by atoms with Crippen molar-refractivity contribution in [1.82, 2.24) is 15.1 Å². The van der Waals surface area contributed by atoms with Crippen molar-refractivity contribution >= 4 is 18.3 Å². The van der Waals surface area contributed by atoms with Crippen LogP contribution in [0.3, 0.4) is 0 Å². The first-order chi connectivity index (χ1) is 9.54. The van der Waals surface area contributed by atoms with Crippen LogP contribution in [0.25, 0.3) is 0 Å². The molecule has 1 aromatic rings. The van der Waals surface area contributed by atoms with Crippen LogP contribution >= 0.6 is 12.4 Å². The number of nitrogens with one attached hydrogen (secondary N) is 1. The monoisotopic (exact) mass is 314 g/mol. The highest BCUT2D eigenvalue weighted by Crippen LogP contribution is 2.30. The van der Waals surface area contributed by atoms with Gasteiger partial charge in [0.25, 0.3) is 0 Å². The van der Waals surface area contributed by atoms with Crippen molar-refractivity contribution in [3.05, 3.63) is 17.0 Å². The van der Waals surface area contributed by atoms with E-state index in [9.17, 15) is 4.79 Å². The van der Waals surface area contributed by atoms with Gasteiger partial charge in [-0.05, 0) is 51.1 Å². The molecule has 1 fully saturated rings. The topological polar surface area (TPSA) is 72.9 Å². The fraction of sp³-hybridized carbons (Fsp3) is 0.733. The van der Waals surface area contributed by atoms with Crippen LogP contribution in [0.5, 0.6) is 0 Å². The number of carbonyl (C=O) groups excluding carboxylic acids is 1. The molecule has 21 heavy (non-hydrogen) atoms. The summed E-state index contributed by atoms with van der Waals surface area (Å²) < 4.78 is 1.90. The summed E-state index contributed by atoms with van der Waals surface area (Å²) in [7, 11) is 1.95. The van der Waals surface area contributed by atoms with E-state index in [4.69, 9.17) is 5.73 Å². The summed E-state index contributed by atoms with van der Waals surface area (Å²) in [6, 6.07) is 0. The standard InChI is InChI=1S/C15H26N4O.ClH/c1-10-13(11(2)19(3)18-10)7-8-17-15(20)14-6-4-5-12(14)9-16;/h12,14H,4-9,16H2,1-3H3,(H,17,20);1H/t12-,14-;/m1./s1. The minimum absolute atomic E-state index is 0. The summed E-state index contributed by atoms with van der Waals surface area (Å²) in [5.41, 5.74) is 9.21. The lowest BCUT2D eigenvalue weighted by Gasteiger charge is -2.17. The first-order valence-electron chi connectivity index (χ1n) is 7.51. The summed E-state index contributed by atoms with van der Waals surface area (Å²) in [6.45, 7) is 5.39. The maximum absolute atomic E-state index is 12.2. The second-order valence-corrected chi connectivity index (χ2v) is 5.85.